The monoisotopic (exact) mass is 1370 g/mol. The summed E-state index contributed by atoms with van der Waals surface area (Å²) < 4.78 is 58.4. The van der Waals surface area contributed by atoms with Gasteiger partial charge in [-0.1, -0.05) is 102 Å². The van der Waals surface area contributed by atoms with Crippen LogP contribution in [0.15, 0.2) is 64.3 Å². The highest BCUT2D eigenvalue weighted by atomic mass is 33.1. The zero-order valence-corrected chi connectivity index (χ0v) is 53.0. The molecule has 0 radical (unpaired) electrons. The molecule has 3 aromatic rings. The number of phosphoric ester groups is 1. The first-order chi connectivity index (χ1) is 42.5. The summed E-state index contributed by atoms with van der Waals surface area (Å²) >= 11 is 0. The Morgan fingerprint density at radius 2 is 1.36 bits per heavy atom. The molecule has 5 amide bonds. The van der Waals surface area contributed by atoms with Crippen molar-refractivity contribution >= 4 is 92.7 Å². The Balaban J connectivity index is 0.00000195. The van der Waals surface area contributed by atoms with Crippen LogP contribution in [0.4, 0.5) is 4.79 Å². The first-order valence-electron chi connectivity index (χ1n) is 27.5. The van der Waals surface area contributed by atoms with Gasteiger partial charge in [-0.25, -0.2) is 23.3 Å². The Morgan fingerprint density at radius 1 is 0.733 bits per heavy atom. The van der Waals surface area contributed by atoms with Gasteiger partial charge in [0.1, 0.15) is 36.6 Å². The molecule has 2 heterocycles. The number of H-pyrrole nitrogens is 1. The molecule has 1 fully saturated rings. The summed E-state index contributed by atoms with van der Waals surface area (Å²) in [6, 6.07) is 13.5. The van der Waals surface area contributed by atoms with Crippen molar-refractivity contribution in [3.05, 3.63) is 92.3 Å². The topological polar surface area (TPSA) is 511 Å². The summed E-state index contributed by atoms with van der Waals surface area (Å²) in [7, 11) is -12.8. The Bertz CT molecular complexity index is 3240. The summed E-state index contributed by atoms with van der Waals surface area (Å²) in [5, 5.41) is 48.2. The summed E-state index contributed by atoms with van der Waals surface area (Å²) in [6.45, 7) is 3.05. The van der Waals surface area contributed by atoms with Crippen LogP contribution in [0.2, 0.25) is 0 Å². The standard InChI is InChI=1S/C46H60N7O22P3S2.C4H6O4.C2H6/c1-47-43(60)35(23-41(57)58)50-39(56)17-3-2-8-19-49-44(61)34(51-46(63)71-26-33-31-14-6-4-12-29(31)30-13-5-7-15-32(30)33)16-10-21-79-80-22-18-38(55)48-20-9-11-28-25-53(45(62)52-42(28)59)40-24-36(54)37(73-40)27-72-77(67,68)75-78(69,70)74-76(64,65)66;5-3(6)1-2-4(7)8;1-2/h4-7,12-15,25,33-37,40,54H,2-3,8,10,16-24,26-27H2,1H3,(H,47,60)(H,48,55)(H,49,61)(H,50,56)(H,51,63)(H,57,58)(H,67,68)(H,69,70)(H,52,59,62)(H2,64,65,66);1-2H2,(H,5,6)(H,7,8);1-2H3. The van der Waals surface area contributed by atoms with E-state index in [0.29, 0.717) is 37.2 Å². The molecule has 14 N–H and O–H groups in total. The van der Waals surface area contributed by atoms with Gasteiger partial charge in [0.05, 0.1) is 38.5 Å². The van der Waals surface area contributed by atoms with Gasteiger partial charge in [0.25, 0.3) is 5.56 Å². The summed E-state index contributed by atoms with van der Waals surface area (Å²) in [5.74, 6) is 0.476. The number of ether oxygens (including phenoxy) is 2. The van der Waals surface area contributed by atoms with E-state index in [1.807, 2.05) is 67.4 Å². The number of carbonyl (C=O) groups excluding carboxylic acids is 5. The molecular weight excluding hydrogens is 1300 g/mol. The smallest absolute Gasteiger partial charge is 0.481 e. The van der Waals surface area contributed by atoms with Crippen LogP contribution in [-0.4, -0.2) is 166 Å². The number of hydrogen-bond acceptors (Lipinski definition) is 21. The average Bonchev–Trinajstić information content (AvgIpc) is 1.66. The van der Waals surface area contributed by atoms with E-state index in [-0.39, 0.29) is 75.6 Å². The van der Waals surface area contributed by atoms with Gasteiger partial charge in [-0.15, -0.1) is 0 Å². The van der Waals surface area contributed by atoms with E-state index >= 15 is 0 Å². The van der Waals surface area contributed by atoms with Gasteiger partial charge in [0.15, 0.2) is 0 Å². The largest absolute Gasteiger partial charge is 0.490 e. The fourth-order valence-corrected chi connectivity index (χ4v) is 13.4. The van der Waals surface area contributed by atoms with E-state index in [1.165, 1.54) is 28.6 Å². The molecule has 90 heavy (non-hydrogen) atoms. The molecular formula is C52H72N7O26P3S2. The number of amides is 5. The number of aliphatic hydroxyl groups is 1. The zero-order chi connectivity index (χ0) is 67.2. The van der Waals surface area contributed by atoms with Crippen LogP contribution in [0.1, 0.15) is 113 Å². The van der Waals surface area contributed by atoms with E-state index in [4.69, 9.17) is 34.6 Å². The Hall–Kier alpha value is -6.73. The lowest BCUT2D eigenvalue weighted by atomic mass is 9.98. The number of aromatic nitrogens is 2. The molecule has 1 aromatic heterocycles. The molecule has 7 atom stereocenters. The second kappa shape index (κ2) is 38.8. The predicted molar refractivity (Wildman–Crippen MR) is 322 cm³/mol. The molecule has 1 aliphatic carbocycles. The first-order valence-corrected chi connectivity index (χ1v) is 34.5. The predicted octanol–water partition coefficient (Wildman–Crippen LogP) is 2.80. The minimum absolute atomic E-state index is 0.0286. The first kappa shape index (κ1) is 77.5. The molecule has 0 saturated carbocycles. The van der Waals surface area contributed by atoms with Gasteiger partial charge in [0.2, 0.25) is 23.6 Å². The molecule has 33 nitrogen and oxygen atoms in total. The number of nitrogens with one attached hydrogen (secondary N) is 6. The molecule has 1 saturated heterocycles. The normalized spacial score (nSPS) is 16.7. The minimum atomic E-state index is -5.81. The van der Waals surface area contributed by atoms with Gasteiger partial charge in [-0.05, 0) is 47.9 Å². The van der Waals surface area contributed by atoms with Crippen molar-refractivity contribution in [2.45, 2.75) is 121 Å². The lowest BCUT2D eigenvalue weighted by Gasteiger charge is -2.20. The third kappa shape index (κ3) is 28.6. The number of aliphatic hydroxyl groups excluding tert-OH is 1. The van der Waals surface area contributed by atoms with Crippen LogP contribution in [0.25, 0.3) is 11.1 Å². The number of alkyl carbamates (subject to hydrolysis) is 1. The number of benzene rings is 2. The molecule has 0 spiro atoms. The van der Waals surface area contributed by atoms with Crippen molar-refractivity contribution < 1.29 is 115 Å². The zero-order valence-electron chi connectivity index (χ0n) is 48.7. The lowest BCUT2D eigenvalue weighted by molar-refractivity contribution is -0.143. The van der Waals surface area contributed by atoms with Crippen LogP contribution in [0.3, 0.4) is 0 Å². The second-order valence-electron chi connectivity index (χ2n) is 18.9. The van der Waals surface area contributed by atoms with E-state index in [1.54, 1.807) is 0 Å². The van der Waals surface area contributed by atoms with Gasteiger partial charge in [-0.2, -0.15) is 8.62 Å². The van der Waals surface area contributed by atoms with Crippen LogP contribution in [0.5, 0.6) is 0 Å². The summed E-state index contributed by atoms with van der Waals surface area (Å²) in [4.78, 5) is 158. The van der Waals surface area contributed by atoms with E-state index in [0.717, 1.165) is 33.0 Å². The van der Waals surface area contributed by atoms with Gasteiger partial charge >= 0.3 is 53.2 Å². The maximum Gasteiger partial charge on any atom is 0.490 e. The highest BCUT2D eigenvalue weighted by Crippen LogP contribution is 2.66. The molecule has 0 bridgehead atoms. The molecule has 1 aliphatic heterocycles. The van der Waals surface area contributed by atoms with Crippen LogP contribution >= 0.6 is 45.1 Å². The number of carboxylic acids is 3. The fraction of sp³-hybridized carbons (Fsp3) is 0.500. The SMILES string of the molecule is CC.CNC(=O)C(CC(=O)O)NC(=O)CCCCCNC(=O)C(CCCSSCCC(=O)NCC#Cc1cn(C2CC(O)C(COP(=O)(O)OP(=O)(O)OP(=O)(O)O)O2)c(=O)[nH]c1=O)NC(=O)OCC1c2ccccc2-c2ccccc21.O=C(O)CCC(=O)O. The number of rotatable bonds is 34. The number of carbonyl (C=O) groups is 8. The average molecular weight is 1370 g/mol. The van der Waals surface area contributed by atoms with Crippen molar-refractivity contribution in [1.82, 2.24) is 36.1 Å². The number of phosphoric acid groups is 3. The molecule has 5 rings (SSSR count). The maximum atomic E-state index is 13.5. The van der Waals surface area contributed by atoms with Crippen LogP contribution < -0.4 is 37.8 Å². The van der Waals surface area contributed by atoms with E-state index in [9.17, 15) is 76.5 Å². The van der Waals surface area contributed by atoms with Crippen molar-refractivity contribution in [2.75, 3.05) is 44.9 Å². The maximum absolute atomic E-state index is 13.5. The van der Waals surface area contributed by atoms with Gasteiger partial charge in [-0.3, -0.25) is 52.4 Å². The number of aliphatic carboxylic acids is 3. The van der Waals surface area contributed by atoms with Gasteiger partial charge in [0, 0.05) is 56.5 Å². The summed E-state index contributed by atoms with van der Waals surface area (Å²) in [5.41, 5.74) is 1.99. The fourth-order valence-electron chi connectivity index (χ4n) is 8.28. The van der Waals surface area contributed by atoms with Crippen molar-refractivity contribution in [3.8, 4) is 23.0 Å². The number of hydrogen-bond donors (Lipinski definition) is 14. The molecule has 2 aliphatic rings. The van der Waals surface area contributed by atoms with Crippen molar-refractivity contribution in [1.29, 1.82) is 0 Å². The molecule has 7 unspecified atom stereocenters. The summed E-state index contributed by atoms with van der Waals surface area (Å²) in [6.07, 6.45) is -3.31. The Kier molecular flexibility index (Phi) is 33.5. The second-order valence-corrected chi connectivity index (χ2v) is 26.0. The van der Waals surface area contributed by atoms with Gasteiger partial charge < -0.3 is 76.1 Å². The third-order valence-electron chi connectivity index (χ3n) is 12.3. The number of unbranched alkanes of at least 4 members (excludes halogenated alkanes) is 2. The number of aromatic amines is 1. The highest BCUT2D eigenvalue weighted by molar-refractivity contribution is 8.76. The number of fused-ring (bicyclic) bond motifs is 3. The van der Waals surface area contributed by atoms with Crippen LogP contribution in [0, 0.1) is 11.8 Å². The number of nitrogens with zero attached hydrogens (tertiary/aromatic N) is 1. The Morgan fingerprint density at radius 3 is 1.96 bits per heavy atom. The van der Waals surface area contributed by atoms with Crippen LogP contribution in [-0.2, 0) is 69.9 Å². The third-order valence-corrected chi connectivity index (χ3v) is 18.6. The lowest BCUT2D eigenvalue weighted by Crippen LogP contribution is -2.47. The molecule has 498 valence electrons. The molecule has 38 heteroatoms. The quantitative estimate of drug-likeness (QED) is 0.0177. The number of carboxylic acid groups (broad SMARTS) is 3. The number of likely N-dealkylation sites (N-methyl/N-ethyl adjacent to an activating group) is 1. The van der Waals surface area contributed by atoms with Crippen molar-refractivity contribution in [2.24, 2.45) is 0 Å². The van der Waals surface area contributed by atoms with Crippen molar-refractivity contribution in [3.63, 3.8) is 0 Å². The Labute approximate surface area is 522 Å². The van der Waals surface area contributed by atoms with E-state index in [2.05, 4.69) is 51.6 Å². The minimum Gasteiger partial charge on any atom is -0.481 e. The molecule has 2 aromatic carbocycles. The highest BCUT2D eigenvalue weighted by Gasteiger charge is 2.43. The van der Waals surface area contributed by atoms with E-state index < -0.39 is 120 Å².